The minimum absolute atomic E-state index is 0.657. The molecule has 0 aromatic rings. The lowest BCUT2D eigenvalue weighted by molar-refractivity contribution is 0.0333. The molecule has 1 saturated carbocycles. The molecular formula is C18H36N2. The fourth-order valence-corrected chi connectivity index (χ4v) is 4.30. The minimum Gasteiger partial charge on any atom is -0.313 e. The molecule has 2 nitrogen and oxygen atoms in total. The molecule has 2 aliphatic rings. The van der Waals surface area contributed by atoms with Crippen LogP contribution < -0.4 is 5.32 Å². The summed E-state index contributed by atoms with van der Waals surface area (Å²) in [7, 11) is 0. The fraction of sp³-hybridized carbons (Fsp3) is 1.00. The van der Waals surface area contributed by atoms with Gasteiger partial charge in [-0.05, 0) is 70.4 Å². The van der Waals surface area contributed by atoms with Crippen LogP contribution in [0.25, 0.3) is 0 Å². The van der Waals surface area contributed by atoms with Crippen molar-refractivity contribution in [2.24, 2.45) is 11.8 Å². The van der Waals surface area contributed by atoms with Crippen molar-refractivity contribution in [1.82, 2.24) is 10.2 Å². The molecule has 2 heteroatoms. The fourth-order valence-electron chi connectivity index (χ4n) is 4.30. The summed E-state index contributed by atoms with van der Waals surface area (Å²) in [5.74, 6) is 1.85. The van der Waals surface area contributed by atoms with Gasteiger partial charge in [-0.25, -0.2) is 0 Å². The van der Waals surface area contributed by atoms with Crippen molar-refractivity contribution in [3.63, 3.8) is 0 Å². The van der Waals surface area contributed by atoms with Crippen molar-refractivity contribution in [2.75, 3.05) is 13.1 Å². The molecule has 0 aromatic heterocycles. The summed E-state index contributed by atoms with van der Waals surface area (Å²) in [5, 5.41) is 3.75. The summed E-state index contributed by atoms with van der Waals surface area (Å²) in [6.07, 6.45) is 9.79. The van der Waals surface area contributed by atoms with Crippen LogP contribution in [0.5, 0.6) is 0 Å². The van der Waals surface area contributed by atoms with E-state index in [1.807, 2.05) is 0 Å². The minimum atomic E-state index is 0.657. The van der Waals surface area contributed by atoms with Crippen LogP contribution in [0.4, 0.5) is 0 Å². The zero-order valence-electron chi connectivity index (χ0n) is 14.2. The molecule has 2 fully saturated rings. The molecule has 2 rings (SSSR count). The van der Waals surface area contributed by atoms with Crippen LogP contribution in [0.2, 0.25) is 0 Å². The van der Waals surface area contributed by atoms with E-state index in [9.17, 15) is 0 Å². The number of hydrogen-bond acceptors (Lipinski definition) is 2. The van der Waals surface area contributed by atoms with Gasteiger partial charge in [-0.1, -0.05) is 27.2 Å². The predicted molar refractivity (Wildman–Crippen MR) is 88.1 cm³/mol. The largest absolute Gasteiger partial charge is 0.313 e. The third-order valence-corrected chi connectivity index (χ3v) is 5.93. The van der Waals surface area contributed by atoms with Gasteiger partial charge in [0.25, 0.3) is 0 Å². The summed E-state index contributed by atoms with van der Waals surface area (Å²) >= 11 is 0. The van der Waals surface area contributed by atoms with Gasteiger partial charge < -0.3 is 5.32 Å². The van der Waals surface area contributed by atoms with E-state index in [-0.39, 0.29) is 0 Å². The summed E-state index contributed by atoms with van der Waals surface area (Å²) < 4.78 is 0. The maximum absolute atomic E-state index is 3.75. The van der Waals surface area contributed by atoms with Crippen molar-refractivity contribution >= 4 is 0 Å². The number of likely N-dealkylation sites (tertiary alicyclic amines) is 1. The normalized spacial score (nSPS) is 37.8. The van der Waals surface area contributed by atoms with E-state index in [4.69, 9.17) is 0 Å². The molecule has 0 radical (unpaired) electrons. The Labute approximate surface area is 126 Å². The van der Waals surface area contributed by atoms with Crippen molar-refractivity contribution in [2.45, 2.75) is 90.8 Å². The molecule has 20 heavy (non-hydrogen) atoms. The van der Waals surface area contributed by atoms with Crippen LogP contribution in [0.1, 0.15) is 72.6 Å². The lowest BCUT2D eigenvalue weighted by Crippen LogP contribution is -2.55. The van der Waals surface area contributed by atoms with Crippen molar-refractivity contribution in [1.29, 1.82) is 0 Å². The van der Waals surface area contributed by atoms with Crippen molar-refractivity contribution < 1.29 is 0 Å². The van der Waals surface area contributed by atoms with Crippen LogP contribution in [-0.4, -0.2) is 36.1 Å². The van der Waals surface area contributed by atoms with Crippen molar-refractivity contribution in [3.05, 3.63) is 0 Å². The topological polar surface area (TPSA) is 15.3 Å². The lowest BCUT2D eigenvalue weighted by atomic mass is 9.77. The Kier molecular flexibility index (Phi) is 6.35. The molecule has 5 unspecified atom stereocenters. The van der Waals surface area contributed by atoms with Crippen LogP contribution >= 0.6 is 0 Å². The molecule has 0 aromatic carbocycles. The number of nitrogens with one attached hydrogen (secondary N) is 1. The van der Waals surface area contributed by atoms with Gasteiger partial charge >= 0.3 is 0 Å². The van der Waals surface area contributed by atoms with Gasteiger partial charge in [-0.15, -0.1) is 0 Å². The monoisotopic (exact) mass is 280 g/mol. The zero-order valence-corrected chi connectivity index (χ0v) is 14.2. The Morgan fingerprint density at radius 3 is 2.60 bits per heavy atom. The Hall–Kier alpha value is -0.0800. The van der Waals surface area contributed by atoms with E-state index in [1.165, 1.54) is 58.0 Å². The molecular weight excluding hydrogens is 244 g/mol. The maximum atomic E-state index is 3.75. The second-order valence-corrected chi connectivity index (χ2v) is 7.47. The number of rotatable bonds is 5. The van der Waals surface area contributed by atoms with E-state index < -0.39 is 0 Å². The smallest absolute Gasteiger partial charge is 0.0249 e. The Bertz CT molecular complexity index is 279. The molecule has 0 bridgehead atoms. The second kappa shape index (κ2) is 7.79. The van der Waals surface area contributed by atoms with E-state index in [1.54, 1.807) is 0 Å². The van der Waals surface area contributed by atoms with Crippen LogP contribution in [-0.2, 0) is 0 Å². The van der Waals surface area contributed by atoms with Gasteiger partial charge in [-0.3, -0.25) is 4.90 Å². The van der Waals surface area contributed by atoms with Gasteiger partial charge in [0.05, 0.1) is 0 Å². The number of hydrogen-bond donors (Lipinski definition) is 1. The highest BCUT2D eigenvalue weighted by Gasteiger charge is 2.35. The number of nitrogens with zero attached hydrogens (tertiary/aromatic N) is 1. The average molecular weight is 280 g/mol. The highest BCUT2D eigenvalue weighted by Crippen LogP contribution is 2.35. The van der Waals surface area contributed by atoms with Gasteiger partial charge in [0.1, 0.15) is 0 Å². The second-order valence-electron chi connectivity index (χ2n) is 7.47. The first-order chi connectivity index (χ1) is 9.63. The van der Waals surface area contributed by atoms with Gasteiger partial charge in [0, 0.05) is 18.1 Å². The third-order valence-electron chi connectivity index (χ3n) is 5.93. The maximum Gasteiger partial charge on any atom is 0.0249 e. The van der Waals surface area contributed by atoms with Gasteiger partial charge in [-0.2, -0.15) is 0 Å². The Balaban J connectivity index is 1.95. The van der Waals surface area contributed by atoms with Crippen LogP contribution in [0.3, 0.4) is 0 Å². The molecule has 1 aliphatic heterocycles. The van der Waals surface area contributed by atoms with Gasteiger partial charge in [0.2, 0.25) is 0 Å². The van der Waals surface area contributed by atoms with E-state index in [0.717, 1.165) is 23.9 Å². The number of piperidine rings is 1. The van der Waals surface area contributed by atoms with E-state index in [2.05, 4.69) is 37.9 Å². The standard InChI is InChI=1S/C18H36N2/c1-5-11-19-16(4)18-8-6-7-12-20(18)17-10-9-14(2)15(3)13-17/h14-19H,5-13H2,1-4H3. The summed E-state index contributed by atoms with van der Waals surface area (Å²) in [5.41, 5.74) is 0. The SMILES string of the molecule is CCCNC(C)C1CCCCN1C1CCC(C)C(C)C1. The van der Waals surface area contributed by atoms with Crippen LogP contribution in [0, 0.1) is 11.8 Å². The first-order valence-electron chi connectivity index (χ1n) is 9.12. The quantitative estimate of drug-likeness (QED) is 0.817. The molecule has 1 N–H and O–H groups in total. The highest BCUT2D eigenvalue weighted by atomic mass is 15.2. The summed E-state index contributed by atoms with van der Waals surface area (Å²) in [6, 6.07) is 2.29. The van der Waals surface area contributed by atoms with E-state index >= 15 is 0 Å². The zero-order chi connectivity index (χ0) is 14.5. The molecule has 1 aliphatic carbocycles. The predicted octanol–water partition coefficient (Wildman–Crippen LogP) is 4.05. The average Bonchev–Trinajstić information content (AvgIpc) is 2.47. The summed E-state index contributed by atoms with van der Waals surface area (Å²) in [4.78, 5) is 2.89. The first-order valence-corrected chi connectivity index (χ1v) is 9.12. The molecule has 1 heterocycles. The Morgan fingerprint density at radius 1 is 1.10 bits per heavy atom. The van der Waals surface area contributed by atoms with E-state index in [0.29, 0.717) is 6.04 Å². The lowest BCUT2D eigenvalue weighted by Gasteiger charge is -2.47. The van der Waals surface area contributed by atoms with Gasteiger partial charge in [0.15, 0.2) is 0 Å². The van der Waals surface area contributed by atoms with Crippen LogP contribution in [0.15, 0.2) is 0 Å². The third kappa shape index (κ3) is 3.98. The highest BCUT2D eigenvalue weighted by molar-refractivity contribution is 4.91. The van der Waals surface area contributed by atoms with Crippen molar-refractivity contribution in [3.8, 4) is 0 Å². The molecule has 0 spiro atoms. The molecule has 118 valence electrons. The first kappa shape index (κ1) is 16.3. The molecule has 5 atom stereocenters. The summed E-state index contributed by atoms with van der Waals surface area (Å²) in [6.45, 7) is 12.1. The molecule has 1 saturated heterocycles. The Morgan fingerprint density at radius 2 is 1.90 bits per heavy atom. The molecule has 0 amide bonds.